The molecule has 0 radical (unpaired) electrons. The Hall–Kier alpha value is -2.11. The maximum absolute atomic E-state index is 12.5. The van der Waals surface area contributed by atoms with Gasteiger partial charge in [0.2, 0.25) is 5.91 Å². The third kappa shape index (κ3) is 4.90. The fourth-order valence-electron chi connectivity index (χ4n) is 3.83. The van der Waals surface area contributed by atoms with Crippen molar-refractivity contribution in [1.29, 1.82) is 0 Å². The minimum atomic E-state index is -0.482. The zero-order valence-electron chi connectivity index (χ0n) is 17.0. The summed E-state index contributed by atoms with van der Waals surface area (Å²) in [6.07, 6.45) is 7.03. The van der Waals surface area contributed by atoms with Gasteiger partial charge in [-0.05, 0) is 59.9 Å². The minimum absolute atomic E-state index is 0.248. The van der Waals surface area contributed by atoms with E-state index in [1.54, 1.807) is 18.2 Å². The Morgan fingerprint density at radius 1 is 1.38 bits per heavy atom. The summed E-state index contributed by atoms with van der Waals surface area (Å²) in [5.74, 6) is -0.216. The highest BCUT2D eigenvalue weighted by Gasteiger charge is 2.34. The lowest BCUT2D eigenvalue weighted by Gasteiger charge is -2.36. The van der Waals surface area contributed by atoms with E-state index in [0.29, 0.717) is 21.5 Å². The predicted octanol–water partition coefficient (Wildman–Crippen LogP) is 5.69. The summed E-state index contributed by atoms with van der Waals surface area (Å²) >= 11 is 7.46. The van der Waals surface area contributed by atoms with Crippen LogP contribution in [0.1, 0.15) is 60.0 Å². The molecule has 1 atom stereocenters. The average Bonchev–Trinajstić information content (AvgIpc) is 3.03. The topological polar surface area (TPSA) is 72.2 Å². The van der Waals surface area contributed by atoms with E-state index in [9.17, 15) is 9.59 Å². The van der Waals surface area contributed by atoms with Crippen molar-refractivity contribution in [3.63, 3.8) is 0 Å². The molecule has 1 aliphatic rings. The number of hydrogen-bond donors (Lipinski definition) is 2. The van der Waals surface area contributed by atoms with E-state index in [4.69, 9.17) is 17.3 Å². The molecule has 1 aromatic heterocycles. The summed E-state index contributed by atoms with van der Waals surface area (Å²) in [6, 6.07) is 7.25. The third-order valence-electron chi connectivity index (χ3n) is 6.04. The van der Waals surface area contributed by atoms with Gasteiger partial charge in [0.15, 0.2) is 0 Å². The number of halogens is 1. The first-order chi connectivity index (χ1) is 13.7. The van der Waals surface area contributed by atoms with Crippen LogP contribution in [0.4, 0.5) is 5.00 Å². The molecule has 4 nitrogen and oxygen atoms in total. The quantitative estimate of drug-likeness (QED) is 0.577. The molecule has 1 heterocycles. The van der Waals surface area contributed by atoms with Crippen LogP contribution >= 0.6 is 22.9 Å². The molecular formula is C23H27ClN2O2S. The Balaban J connectivity index is 1.81. The van der Waals surface area contributed by atoms with Crippen molar-refractivity contribution in [2.75, 3.05) is 5.32 Å². The molecule has 0 fully saturated rings. The van der Waals surface area contributed by atoms with Gasteiger partial charge in [-0.25, -0.2) is 0 Å². The number of thiophene rings is 1. The van der Waals surface area contributed by atoms with E-state index in [0.717, 1.165) is 36.8 Å². The highest BCUT2D eigenvalue weighted by Crippen LogP contribution is 2.45. The van der Waals surface area contributed by atoms with Gasteiger partial charge in [0.25, 0.3) is 5.91 Å². The number of fused-ring (bicyclic) bond motifs is 1. The molecule has 3 rings (SSSR count). The van der Waals surface area contributed by atoms with Crippen molar-refractivity contribution < 1.29 is 9.59 Å². The van der Waals surface area contributed by atoms with Crippen molar-refractivity contribution in [2.24, 2.45) is 17.1 Å². The largest absolute Gasteiger partial charge is 0.365 e. The van der Waals surface area contributed by atoms with Gasteiger partial charge in [-0.1, -0.05) is 50.9 Å². The molecule has 1 aromatic carbocycles. The molecule has 0 spiro atoms. The Kier molecular flexibility index (Phi) is 6.49. The summed E-state index contributed by atoms with van der Waals surface area (Å²) in [7, 11) is 0. The highest BCUT2D eigenvalue weighted by atomic mass is 35.5. The number of anilines is 1. The van der Waals surface area contributed by atoms with Crippen LogP contribution in [0.2, 0.25) is 5.02 Å². The lowest BCUT2D eigenvalue weighted by molar-refractivity contribution is -0.111. The van der Waals surface area contributed by atoms with Crippen LogP contribution in [0.25, 0.3) is 6.08 Å². The molecule has 1 unspecified atom stereocenters. The zero-order valence-corrected chi connectivity index (χ0v) is 18.6. The van der Waals surface area contributed by atoms with Crippen LogP contribution in [-0.4, -0.2) is 11.8 Å². The molecule has 3 N–H and O–H groups in total. The summed E-state index contributed by atoms with van der Waals surface area (Å²) in [4.78, 5) is 25.8. The van der Waals surface area contributed by atoms with E-state index in [2.05, 4.69) is 26.1 Å². The monoisotopic (exact) mass is 430 g/mol. The number of hydrogen-bond acceptors (Lipinski definition) is 3. The van der Waals surface area contributed by atoms with E-state index in [1.165, 1.54) is 22.3 Å². The molecule has 0 saturated heterocycles. The molecule has 0 bridgehead atoms. The van der Waals surface area contributed by atoms with E-state index >= 15 is 0 Å². The van der Waals surface area contributed by atoms with E-state index < -0.39 is 5.91 Å². The smallest absolute Gasteiger partial charge is 0.251 e. The second-order valence-corrected chi connectivity index (χ2v) is 9.77. The summed E-state index contributed by atoms with van der Waals surface area (Å²) in [6.45, 7) is 6.82. The first-order valence-corrected chi connectivity index (χ1v) is 11.1. The van der Waals surface area contributed by atoms with Crippen molar-refractivity contribution in [2.45, 2.75) is 46.5 Å². The SMILES string of the molecule is CCC(C)(C)C1CCc2c(sc(NC(=O)/C=C/c3cccc(Cl)c3)c2C(N)=O)C1. The Morgan fingerprint density at radius 3 is 2.79 bits per heavy atom. The lowest BCUT2D eigenvalue weighted by Crippen LogP contribution is -2.29. The molecule has 0 aliphatic heterocycles. The number of carbonyl (C=O) groups excluding carboxylic acids is 2. The van der Waals surface area contributed by atoms with Crippen LogP contribution < -0.4 is 11.1 Å². The fraction of sp³-hybridized carbons (Fsp3) is 0.391. The molecule has 2 amide bonds. The van der Waals surface area contributed by atoms with Crippen molar-refractivity contribution >= 4 is 45.8 Å². The number of nitrogens with one attached hydrogen (secondary N) is 1. The van der Waals surface area contributed by atoms with Gasteiger partial charge < -0.3 is 11.1 Å². The molecule has 0 saturated carbocycles. The summed E-state index contributed by atoms with van der Waals surface area (Å²) in [5.41, 5.74) is 8.24. The molecule has 29 heavy (non-hydrogen) atoms. The standard InChI is InChI=1S/C23H27ClN2O2S/c1-4-23(2,3)15-9-10-17-18(13-15)29-22(20(17)21(25)28)26-19(27)11-8-14-6-5-7-16(24)12-14/h5-8,11-12,15H,4,9-10,13H2,1-3H3,(H2,25,28)(H,26,27)/b11-8+. The van der Waals surface area contributed by atoms with Crippen LogP contribution in [0.3, 0.4) is 0 Å². The maximum Gasteiger partial charge on any atom is 0.251 e. The normalized spacial score (nSPS) is 16.6. The Morgan fingerprint density at radius 2 is 2.14 bits per heavy atom. The van der Waals surface area contributed by atoms with Gasteiger partial charge in [-0.15, -0.1) is 11.3 Å². The molecule has 154 valence electrons. The fourth-order valence-corrected chi connectivity index (χ4v) is 5.36. The van der Waals surface area contributed by atoms with Gasteiger partial charge in [0.1, 0.15) is 5.00 Å². The number of nitrogens with two attached hydrogens (primary N) is 1. The summed E-state index contributed by atoms with van der Waals surface area (Å²) < 4.78 is 0. The van der Waals surface area contributed by atoms with Gasteiger partial charge in [-0.3, -0.25) is 9.59 Å². The van der Waals surface area contributed by atoms with Gasteiger partial charge >= 0.3 is 0 Å². The zero-order chi connectivity index (χ0) is 21.2. The van der Waals surface area contributed by atoms with Crippen molar-refractivity contribution in [1.82, 2.24) is 0 Å². The minimum Gasteiger partial charge on any atom is -0.365 e. The Bertz CT molecular complexity index is 962. The van der Waals surface area contributed by atoms with E-state index in [-0.39, 0.29) is 11.3 Å². The van der Waals surface area contributed by atoms with Crippen molar-refractivity contribution in [3.8, 4) is 0 Å². The highest BCUT2D eigenvalue weighted by molar-refractivity contribution is 7.17. The summed E-state index contributed by atoms with van der Waals surface area (Å²) in [5, 5.41) is 4.02. The Labute approximate surface area is 181 Å². The molecule has 1 aliphatic carbocycles. The number of amides is 2. The first-order valence-electron chi connectivity index (χ1n) is 9.90. The average molecular weight is 431 g/mol. The molecule has 2 aromatic rings. The second kappa shape index (κ2) is 8.72. The number of rotatable bonds is 6. The number of primary amides is 1. The van der Waals surface area contributed by atoms with Gasteiger partial charge in [0.05, 0.1) is 5.56 Å². The second-order valence-electron chi connectivity index (χ2n) is 8.23. The van der Waals surface area contributed by atoms with Gasteiger partial charge in [0, 0.05) is 16.0 Å². The van der Waals surface area contributed by atoms with Crippen LogP contribution in [0, 0.1) is 11.3 Å². The first kappa shape index (κ1) is 21.6. The number of carbonyl (C=O) groups is 2. The van der Waals surface area contributed by atoms with Crippen LogP contribution in [0.5, 0.6) is 0 Å². The van der Waals surface area contributed by atoms with Crippen molar-refractivity contribution in [3.05, 3.63) is 56.9 Å². The molecule has 6 heteroatoms. The van der Waals surface area contributed by atoms with Crippen LogP contribution in [0.15, 0.2) is 30.3 Å². The van der Waals surface area contributed by atoms with Gasteiger partial charge in [-0.2, -0.15) is 0 Å². The van der Waals surface area contributed by atoms with Crippen LogP contribution in [-0.2, 0) is 17.6 Å². The maximum atomic E-state index is 12.5. The van der Waals surface area contributed by atoms with E-state index in [1.807, 2.05) is 12.1 Å². The number of benzene rings is 1. The lowest BCUT2D eigenvalue weighted by atomic mass is 9.69. The molecular weight excluding hydrogens is 404 g/mol. The third-order valence-corrected chi connectivity index (χ3v) is 7.45. The predicted molar refractivity (Wildman–Crippen MR) is 122 cm³/mol.